The van der Waals surface area contributed by atoms with Crippen LogP contribution in [0, 0.1) is 11.8 Å². The van der Waals surface area contributed by atoms with E-state index >= 15 is 0 Å². The molecule has 0 radical (unpaired) electrons. The molecular formula is C16H31NO. The second-order valence-electron chi connectivity index (χ2n) is 6.67. The van der Waals surface area contributed by atoms with E-state index in [9.17, 15) is 5.11 Å². The van der Waals surface area contributed by atoms with Crippen molar-refractivity contribution < 1.29 is 5.11 Å². The zero-order valence-corrected chi connectivity index (χ0v) is 12.0. The first kappa shape index (κ1) is 14.3. The summed E-state index contributed by atoms with van der Waals surface area (Å²) in [7, 11) is 0. The highest BCUT2D eigenvalue weighted by molar-refractivity contribution is 4.79. The maximum absolute atomic E-state index is 10.1. The summed E-state index contributed by atoms with van der Waals surface area (Å²) in [4.78, 5) is 0. The first-order valence-electron chi connectivity index (χ1n) is 8.17. The van der Waals surface area contributed by atoms with Gasteiger partial charge < -0.3 is 10.4 Å². The topological polar surface area (TPSA) is 32.3 Å². The molecule has 2 fully saturated rings. The van der Waals surface area contributed by atoms with Crippen molar-refractivity contribution in [1.29, 1.82) is 0 Å². The quantitative estimate of drug-likeness (QED) is 0.735. The largest absolute Gasteiger partial charge is 0.392 e. The molecular weight excluding hydrogens is 222 g/mol. The van der Waals surface area contributed by atoms with E-state index in [1.54, 1.807) is 0 Å². The summed E-state index contributed by atoms with van der Waals surface area (Å²) in [5.41, 5.74) is 0. The maximum Gasteiger partial charge on any atom is 0.0667 e. The molecule has 2 aliphatic rings. The minimum Gasteiger partial charge on any atom is -0.392 e. The number of rotatable bonds is 5. The van der Waals surface area contributed by atoms with Gasteiger partial charge in [0.2, 0.25) is 0 Å². The number of nitrogens with one attached hydrogen (secondary N) is 1. The average Bonchev–Trinajstić information content (AvgIpc) is 2.76. The van der Waals surface area contributed by atoms with E-state index < -0.39 is 0 Å². The van der Waals surface area contributed by atoms with Gasteiger partial charge in [-0.1, -0.05) is 51.9 Å². The molecule has 106 valence electrons. The molecule has 2 heteroatoms. The zero-order chi connectivity index (χ0) is 12.8. The SMILES string of the molecule is CC1CCCCCC1NCC(O)CC1CCCC1. The van der Waals surface area contributed by atoms with Crippen LogP contribution in [0.15, 0.2) is 0 Å². The average molecular weight is 253 g/mol. The maximum atomic E-state index is 10.1. The Hall–Kier alpha value is -0.0800. The highest BCUT2D eigenvalue weighted by Crippen LogP contribution is 2.28. The summed E-state index contributed by atoms with van der Waals surface area (Å²) < 4.78 is 0. The molecule has 2 N–H and O–H groups in total. The van der Waals surface area contributed by atoms with Crippen LogP contribution >= 0.6 is 0 Å². The number of hydrogen-bond acceptors (Lipinski definition) is 2. The lowest BCUT2D eigenvalue weighted by Gasteiger charge is -2.25. The van der Waals surface area contributed by atoms with Crippen LogP contribution in [0.3, 0.4) is 0 Å². The van der Waals surface area contributed by atoms with Crippen molar-refractivity contribution in [3.8, 4) is 0 Å². The Kier molecular flexibility index (Phi) is 5.97. The molecule has 0 bridgehead atoms. The van der Waals surface area contributed by atoms with Gasteiger partial charge in [0.1, 0.15) is 0 Å². The zero-order valence-electron chi connectivity index (χ0n) is 12.0. The first-order valence-corrected chi connectivity index (χ1v) is 8.17. The van der Waals surface area contributed by atoms with Crippen LogP contribution < -0.4 is 5.32 Å². The van der Waals surface area contributed by atoms with Crippen molar-refractivity contribution in [2.45, 2.75) is 83.3 Å². The van der Waals surface area contributed by atoms with Crippen LogP contribution in [0.25, 0.3) is 0 Å². The lowest BCUT2D eigenvalue weighted by molar-refractivity contribution is 0.132. The Morgan fingerprint density at radius 1 is 1.00 bits per heavy atom. The van der Waals surface area contributed by atoms with E-state index in [1.165, 1.54) is 57.8 Å². The Balaban J connectivity index is 1.65. The molecule has 2 rings (SSSR count). The van der Waals surface area contributed by atoms with E-state index in [-0.39, 0.29) is 6.10 Å². The van der Waals surface area contributed by atoms with E-state index in [2.05, 4.69) is 12.2 Å². The smallest absolute Gasteiger partial charge is 0.0667 e. The van der Waals surface area contributed by atoms with Crippen molar-refractivity contribution in [2.75, 3.05) is 6.54 Å². The number of aliphatic hydroxyl groups is 1. The molecule has 0 spiro atoms. The molecule has 0 aromatic carbocycles. The van der Waals surface area contributed by atoms with Crippen molar-refractivity contribution in [2.24, 2.45) is 11.8 Å². The molecule has 0 amide bonds. The fraction of sp³-hybridized carbons (Fsp3) is 1.00. The second kappa shape index (κ2) is 7.49. The minimum atomic E-state index is -0.122. The van der Waals surface area contributed by atoms with Crippen LogP contribution in [0.2, 0.25) is 0 Å². The molecule has 2 nitrogen and oxygen atoms in total. The third-order valence-electron chi connectivity index (χ3n) is 5.06. The highest BCUT2D eigenvalue weighted by Gasteiger charge is 2.22. The Morgan fingerprint density at radius 2 is 1.67 bits per heavy atom. The standard InChI is InChI=1S/C16H31NO/c1-13-7-3-2-4-10-16(13)17-12-15(18)11-14-8-5-6-9-14/h13-18H,2-12H2,1H3. The third kappa shape index (κ3) is 4.55. The predicted molar refractivity (Wildman–Crippen MR) is 76.6 cm³/mol. The van der Waals surface area contributed by atoms with Crippen molar-refractivity contribution >= 4 is 0 Å². The summed E-state index contributed by atoms with van der Waals surface area (Å²) >= 11 is 0. The van der Waals surface area contributed by atoms with Gasteiger partial charge in [-0.2, -0.15) is 0 Å². The fourth-order valence-corrected chi connectivity index (χ4v) is 3.80. The van der Waals surface area contributed by atoms with Gasteiger partial charge >= 0.3 is 0 Å². The highest BCUT2D eigenvalue weighted by atomic mass is 16.3. The van der Waals surface area contributed by atoms with Crippen molar-refractivity contribution in [3.05, 3.63) is 0 Å². The number of hydrogen-bond donors (Lipinski definition) is 2. The Bertz CT molecular complexity index is 225. The summed E-state index contributed by atoms with van der Waals surface area (Å²) in [6.45, 7) is 3.18. The summed E-state index contributed by atoms with van der Waals surface area (Å²) in [6, 6.07) is 0.644. The van der Waals surface area contributed by atoms with Crippen LogP contribution in [0.1, 0.15) is 71.1 Å². The van der Waals surface area contributed by atoms with Gasteiger partial charge in [0.25, 0.3) is 0 Å². The normalized spacial score (nSPS) is 32.3. The van der Waals surface area contributed by atoms with Gasteiger partial charge in [-0.15, -0.1) is 0 Å². The number of aliphatic hydroxyl groups excluding tert-OH is 1. The molecule has 0 heterocycles. The molecule has 0 aromatic rings. The molecule has 0 aromatic heterocycles. The van der Waals surface area contributed by atoms with E-state index in [0.29, 0.717) is 6.04 Å². The molecule has 18 heavy (non-hydrogen) atoms. The molecule has 2 saturated carbocycles. The van der Waals surface area contributed by atoms with Crippen molar-refractivity contribution in [1.82, 2.24) is 5.32 Å². The predicted octanol–water partition coefficient (Wildman–Crippen LogP) is 3.49. The Labute approximate surface area is 113 Å². The first-order chi connectivity index (χ1) is 8.75. The van der Waals surface area contributed by atoms with Gasteiger partial charge in [-0.05, 0) is 31.1 Å². The minimum absolute atomic E-state index is 0.122. The van der Waals surface area contributed by atoms with Gasteiger partial charge in [0.05, 0.1) is 6.10 Å². The Morgan fingerprint density at radius 3 is 2.44 bits per heavy atom. The molecule has 0 aliphatic heterocycles. The van der Waals surface area contributed by atoms with Crippen LogP contribution in [-0.2, 0) is 0 Å². The van der Waals surface area contributed by atoms with E-state index in [0.717, 1.165) is 24.8 Å². The summed E-state index contributed by atoms with van der Waals surface area (Å²) in [6.07, 6.45) is 13.2. The van der Waals surface area contributed by atoms with Crippen molar-refractivity contribution in [3.63, 3.8) is 0 Å². The monoisotopic (exact) mass is 253 g/mol. The lowest BCUT2D eigenvalue weighted by Crippen LogP contribution is -2.39. The van der Waals surface area contributed by atoms with Crippen LogP contribution in [0.4, 0.5) is 0 Å². The van der Waals surface area contributed by atoms with E-state index in [4.69, 9.17) is 0 Å². The van der Waals surface area contributed by atoms with Gasteiger partial charge in [-0.25, -0.2) is 0 Å². The summed E-state index contributed by atoms with van der Waals surface area (Å²) in [5, 5.41) is 13.8. The molecule has 0 saturated heterocycles. The summed E-state index contributed by atoms with van der Waals surface area (Å²) in [5.74, 6) is 1.58. The van der Waals surface area contributed by atoms with E-state index in [1.807, 2.05) is 0 Å². The van der Waals surface area contributed by atoms with Gasteiger partial charge in [0, 0.05) is 12.6 Å². The molecule has 3 unspecified atom stereocenters. The second-order valence-corrected chi connectivity index (χ2v) is 6.67. The van der Waals surface area contributed by atoms with Crippen LogP contribution in [0.5, 0.6) is 0 Å². The molecule has 3 atom stereocenters. The van der Waals surface area contributed by atoms with Gasteiger partial charge in [-0.3, -0.25) is 0 Å². The molecule has 2 aliphatic carbocycles. The fourth-order valence-electron chi connectivity index (χ4n) is 3.80. The third-order valence-corrected chi connectivity index (χ3v) is 5.06. The van der Waals surface area contributed by atoms with Crippen LogP contribution in [-0.4, -0.2) is 23.8 Å². The van der Waals surface area contributed by atoms with Gasteiger partial charge in [0.15, 0.2) is 0 Å². The lowest BCUT2D eigenvalue weighted by atomic mass is 9.96.